The first-order chi connectivity index (χ1) is 18.3. The SMILES string of the molecule is Cc1cc(NC(=O)Cc2cccc(OCCN3CCOCC3)c2)cc(C)c1Oc1ccc(O)c(C(C)C)c1. The average molecular weight is 519 g/mol. The molecular formula is C31H38N2O5. The number of hydrogen-bond acceptors (Lipinski definition) is 6. The molecule has 1 amide bonds. The summed E-state index contributed by atoms with van der Waals surface area (Å²) in [5.41, 5.74) is 4.29. The van der Waals surface area contributed by atoms with Crippen molar-refractivity contribution in [1.82, 2.24) is 4.90 Å². The van der Waals surface area contributed by atoms with Gasteiger partial charge in [-0.2, -0.15) is 0 Å². The van der Waals surface area contributed by atoms with Gasteiger partial charge in [-0.3, -0.25) is 9.69 Å². The highest BCUT2D eigenvalue weighted by Gasteiger charge is 2.14. The van der Waals surface area contributed by atoms with Crippen LogP contribution in [0, 0.1) is 13.8 Å². The minimum absolute atomic E-state index is 0.0944. The molecule has 202 valence electrons. The van der Waals surface area contributed by atoms with Crippen molar-refractivity contribution >= 4 is 11.6 Å². The number of carbonyl (C=O) groups is 1. The van der Waals surface area contributed by atoms with Gasteiger partial charge < -0.3 is 24.6 Å². The molecule has 0 aromatic heterocycles. The smallest absolute Gasteiger partial charge is 0.228 e. The van der Waals surface area contributed by atoms with Gasteiger partial charge in [0, 0.05) is 30.9 Å². The summed E-state index contributed by atoms with van der Waals surface area (Å²) in [7, 11) is 0. The number of hydrogen-bond donors (Lipinski definition) is 2. The van der Waals surface area contributed by atoms with Crippen LogP contribution in [0.1, 0.15) is 42.0 Å². The summed E-state index contributed by atoms with van der Waals surface area (Å²) in [5, 5.41) is 13.1. The van der Waals surface area contributed by atoms with Crippen molar-refractivity contribution in [2.45, 2.75) is 40.0 Å². The molecule has 0 unspecified atom stereocenters. The van der Waals surface area contributed by atoms with E-state index in [0.717, 1.165) is 72.3 Å². The molecule has 2 N–H and O–H groups in total. The number of phenols is 1. The molecule has 1 heterocycles. The molecule has 0 bridgehead atoms. The first-order valence-corrected chi connectivity index (χ1v) is 13.2. The molecule has 0 spiro atoms. The summed E-state index contributed by atoms with van der Waals surface area (Å²) in [5.74, 6) is 2.53. The molecule has 0 saturated carbocycles. The summed E-state index contributed by atoms with van der Waals surface area (Å²) >= 11 is 0. The number of morpholine rings is 1. The van der Waals surface area contributed by atoms with Crippen LogP contribution in [0.4, 0.5) is 5.69 Å². The van der Waals surface area contributed by atoms with Crippen LogP contribution >= 0.6 is 0 Å². The molecular weight excluding hydrogens is 480 g/mol. The molecule has 0 aliphatic carbocycles. The molecule has 1 saturated heterocycles. The highest BCUT2D eigenvalue weighted by atomic mass is 16.5. The van der Waals surface area contributed by atoms with Crippen LogP contribution < -0.4 is 14.8 Å². The predicted octanol–water partition coefficient (Wildman–Crippen LogP) is 5.82. The molecule has 7 heteroatoms. The number of carbonyl (C=O) groups excluding carboxylic acids is 1. The molecule has 3 aromatic rings. The lowest BCUT2D eigenvalue weighted by Crippen LogP contribution is -2.38. The number of phenolic OH excluding ortho intramolecular Hbond substituents is 1. The Bertz CT molecular complexity index is 1230. The van der Waals surface area contributed by atoms with Crippen LogP contribution in [0.5, 0.6) is 23.0 Å². The van der Waals surface area contributed by atoms with Crippen LogP contribution in [0.15, 0.2) is 54.6 Å². The largest absolute Gasteiger partial charge is 0.508 e. The standard InChI is InChI=1S/C31H38N2O5/c1-21(2)28-20-27(8-9-29(28)34)38-31-22(3)16-25(17-23(31)4)32-30(35)19-24-6-5-7-26(18-24)37-15-12-33-10-13-36-14-11-33/h5-9,16-18,20-21,34H,10-15,19H2,1-4H3,(H,32,35). The van der Waals surface area contributed by atoms with E-state index in [1.54, 1.807) is 12.1 Å². The third kappa shape index (κ3) is 7.49. The van der Waals surface area contributed by atoms with E-state index >= 15 is 0 Å². The normalized spacial score (nSPS) is 13.9. The monoisotopic (exact) mass is 518 g/mol. The summed E-state index contributed by atoms with van der Waals surface area (Å²) in [6, 6.07) is 16.8. The molecule has 3 aromatic carbocycles. The Morgan fingerprint density at radius 3 is 2.47 bits per heavy atom. The van der Waals surface area contributed by atoms with E-state index in [1.807, 2.05) is 70.2 Å². The fourth-order valence-corrected chi connectivity index (χ4v) is 4.61. The summed E-state index contributed by atoms with van der Waals surface area (Å²) in [6.45, 7) is 12.9. The number of ether oxygens (including phenoxy) is 3. The van der Waals surface area contributed by atoms with E-state index in [-0.39, 0.29) is 24.0 Å². The fraction of sp³-hybridized carbons (Fsp3) is 0.387. The van der Waals surface area contributed by atoms with Gasteiger partial charge in [-0.25, -0.2) is 0 Å². The number of anilines is 1. The Hall–Kier alpha value is -3.55. The van der Waals surface area contributed by atoms with Gasteiger partial charge in [-0.1, -0.05) is 26.0 Å². The lowest BCUT2D eigenvalue weighted by atomic mass is 10.0. The summed E-state index contributed by atoms with van der Waals surface area (Å²) < 4.78 is 17.5. The van der Waals surface area contributed by atoms with Crippen molar-refractivity contribution in [1.29, 1.82) is 0 Å². The number of amides is 1. The van der Waals surface area contributed by atoms with Crippen LogP contribution in [-0.4, -0.2) is 55.4 Å². The minimum atomic E-state index is -0.0944. The number of rotatable bonds is 10. The number of aryl methyl sites for hydroxylation is 2. The highest BCUT2D eigenvalue weighted by molar-refractivity contribution is 5.92. The van der Waals surface area contributed by atoms with Crippen LogP contribution in [0.2, 0.25) is 0 Å². The van der Waals surface area contributed by atoms with Gasteiger partial charge in [0.2, 0.25) is 5.91 Å². The fourth-order valence-electron chi connectivity index (χ4n) is 4.61. The van der Waals surface area contributed by atoms with Crippen molar-refractivity contribution in [3.63, 3.8) is 0 Å². The first-order valence-electron chi connectivity index (χ1n) is 13.2. The maximum atomic E-state index is 12.8. The number of aromatic hydroxyl groups is 1. The quantitative estimate of drug-likeness (QED) is 0.352. The molecule has 1 aliphatic heterocycles. The Morgan fingerprint density at radius 2 is 1.76 bits per heavy atom. The number of benzene rings is 3. The van der Waals surface area contributed by atoms with Gasteiger partial charge in [-0.15, -0.1) is 0 Å². The van der Waals surface area contributed by atoms with Gasteiger partial charge in [0.05, 0.1) is 19.6 Å². The highest BCUT2D eigenvalue weighted by Crippen LogP contribution is 2.35. The molecule has 4 rings (SSSR count). The molecule has 1 aliphatic rings. The topological polar surface area (TPSA) is 80.3 Å². The van der Waals surface area contributed by atoms with E-state index in [9.17, 15) is 9.90 Å². The zero-order valence-electron chi connectivity index (χ0n) is 22.8. The Labute approximate surface area is 225 Å². The van der Waals surface area contributed by atoms with Crippen molar-refractivity contribution in [2.75, 3.05) is 44.8 Å². The zero-order valence-corrected chi connectivity index (χ0v) is 22.8. The number of nitrogens with one attached hydrogen (secondary N) is 1. The molecule has 0 radical (unpaired) electrons. The van der Waals surface area contributed by atoms with Gasteiger partial charge in [0.25, 0.3) is 0 Å². The van der Waals surface area contributed by atoms with E-state index in [4.69, 9.17) is 14.2 Å². The van der Waals surface area contributed by atoms with Crippen molar-refractivity contribution in [3.05, 3.63) is 76.9 Å². The molecule has 1 fully saturated rings. The summed E-state index contributed by atoms with van der Waals surface area (Å²) in [4.78, 5) is 15.1. The van der Waals surface area contributed by atoms with Gasteiger partial charge >= 0.3 is 0 Å². The Kier molecular flexibility index (Phi) is 9.26. The van der Waals surface area contributed by atoms with E-state index in [1.165, 1.54) is 0 Å². The third-order valence-corrected chi connectivity index (χ3v) is 6.63. The van der Waals surface area contributed by atoms with Crippen LogP contribution in [0.3, 0.4) is 0 Å². The van der Waals surface area contributed by atoms with Crippen LogP contribution in [0.25, 0.3) is 0 Å². The Balaban J connectivity index is 1.34. The second-order valence-electron chi connectivity index (χ2n) is 10.1. The van der Waals surface area contributed by atoms with Crippen LogP contribution in [-0.2, 0) is 16.0 Å². The minimum Gasteiger partial charge on any atom is -0.508 e. The summed E-state index contributed by atoms with van der Waals surface area (Å²) in [6.07, 6.45) is 0.252. The van der Waals surface area contributed by atoms with Crippen molar-refractivity contribution in [2.24, 2.45) is 0 Å². The maximum Gasteiger partial charge on any atom is 0.228 e. The Morgan fingerprint density at radius 1 is 1.03 bits per heavy atom. The second-order valence-corrected chi connectivity index (χ2v) is 10.1. The number of nitrogens with zero attached hydrogens (tertiary/aromatic N) is 1. The average Bonchev–Trinajstić information content (AvgIpc) is 2.88. The molecule has 7 nitrogen and oxygen atoms in total. The van der Waals surface area contributed by atoms with Crippen molar-refractivity contribution < 1.29 is 24.1 Å². The van der Waals surface area contributed by atoms with Gasteiger partial charge in [-0.05, 0) is 78.9 Å². The van der Waals surface area contributed by atoms with E-state index < -0.39 is 0 Å². The lowest BCUT2D eigenvalue weighted by Gasteiger charge is -2.26. The van der Waals surface area contributed by atoms with Gasteiger partial charge in [0.15, 0.2) is 0 Å². The first kappa shape index (κ1) is 27.5. The molecule has 0 atom stereocenters. The maximum absolute atomic E-state index is 12.8. The van der Waals surface area contributed by atoms with Gasteiger partial charge in [0.1, 0.15) is 29.6 Å². The third-order valence-electron chi connectivity index (χ3n) is 6.63. The van der Waals surface area contributed by atoms with Crippen molar-refractivity contribution in [3.8, 4) is 23.0 Å². The van der Waals surface area contributed by atoms with E-state index in [0.29, 0.717) is 12.4 Å². The second kappa shape index (κ2) is 12.8. The molecule has 38 heavy (non-hydrogen) atoms. The lowest BCUT2D eigenvalue weighted by molar-refractivity contribution is -0.115. The van der Waals surface area contributed by atoms with E-state index in [2.05, 4.69) is 10.2 Å². The predicted molar refractivity (Wildman–Crippen MR) is 150 cm³/mol. The zero-order chi connectivity index (χ0) is 27.1.